The van der Waals surface area contributed by atoms with Gasteiger partial charge >= 0.3 is 5.97 Å². The summed E-state index contributed by atoms with van der Waals surface area (Å²) < 4.78 is -1.55. The number of carboxylic acid groups (broad SMARTS) is 1. The van der Waals surface area contributed by atoms with Crippen molar-refractivity contribution in [2.75, 3.05) is 0 Å². The van der Waals surface area contributed by atoms with Crippen molar-refractivity contribution >= 4 is 28.6 Å². The Balaban J connectivity index is 2.92. The first-order valence-electron chi connectivity index (χ1n) is 3.45. The predicted octanol–water partition coefficient (Wildman–Crippen LogP) is 0.452. The molecule has 1 fully saturated rings. The molecule has 0 aromatic rings. The van der Waals surface area contributed by atoms with Gasteiger partial charge in [-0.1, -0.05) is 11.8 Å². The largest absolute Gasteiger partial charge is 0.480 e. The lowest BCUT2D eigenvalue weighted by molar-refractivity contribution is -0.144. The quantitative estimate of drug-likeness (QED) is 0.605. The van der Waals surface area contributed by atoms with Crippen LogP contribution in [0.5, 0.6) is 0 Å². The maximum atomic E-state index is 11.1. The molecular formula is C7H8O4S. The summed E-state index contributed by atoms with van der Waals surface area (Å²) in [6.45, 7) is 1.28. The average Bonchev–Trinajstić information content (AvgIpc) is 1.97. The van der Waals surface area contributed by atoms with Crippen LogP contribution >= 0.6 is 11.8 Å². The van der Waals surface area contributed by atoms with Gasteiger partial charge in [0.2, 0.25) is 0 Å². The van der Waals surface area contributed by atoms with Gasteiger partial charge in [-0.25, -0.2) is 0 Å². The van der Waals surface area contributed by atoms with E-state index in [1.807, 2.05) is 0 Å². The SMILES string of the molecule is C[C@]1(C(=O)O)SC(=O)CCC1=O. The summed E-state index contributed by atoms with van der Waals surface area (Å²) in [5, 5.41) is 8.47. The van der Waals surface area contributed by atoms with E-state index in [1.165, 1.54) is 6.92 Å². The Morgan fingerprint density at radius 2 is 2.08 bits per heavy atom. The van der Waals surface area contributed by atoms with Gasteiger partial charge in [-0.2, -0.15) is 0 Å². The van der Waals surface area contributed by atoms with Gasteiger partial charge in [0.15, 0.2) is 15.6 Å². The number of hydrogen-bond donors (Lipinski definition) is 1. The predicted molar refractivity (Wildman–Crippen MR) is 42.9 cm³/mol. The third kappa shape index (κ3) is 1.36. The Labute approximate surface area is 73.3 Å². The Kier molecular flexibility index (Phi) is 2.23. The fraction of sp³-hybridized carbons (Fsp3) is 0.571. The van der Waals surface area contributed by atoms with Crippen molar-refractivity contribution in [3.05, 3.63) is 0 Å². The molecule has 12 heavy (non-hydrogen) atoms. The molecule has 1 aliphatic heterocycles. The molecule has 0 saturated carbocycles. The normalized spacial score (nSPS) is 30.4. The maximum Gasteiger partial charge on any atom is 0.327 e. The lowest BCUT2D eigenvalue weighted by Gasteiger charge is -2.25. The lowest BCUT2D eigenvalue weighted by atomic mass is 10.0. The maximum absolute atomic E-state index is 11.1. The zero-order chi connectivity index (χ0) is 9.35. The van der Waals surface area contributed by atoms with Crippen molar-refractivity contribution in [3.63, 3.8) is 0 Å². The van der Waals surface area contributed by atoms with Crippen LogP contribution in [0.25, 0.3) is 0 Å². The van der Waals surface area contributed by atoms with E-state index in [-0.39, 0.29) is 23.7 Å². The number of hydrogen-bond acceptors (Lipinski definition) is 4. The first-order chi connectivity index (χ1) is 5.47. The molecule has 1 aliphatic rings. The van der Waals surface area contributed by atoms with E-state index in [1.54, 1.807) is 0 Å². The van der Waals surface area contributed by atoms with Crippen molar-refractivity contribution in [2.45, 2.75) is 24.5 Å². The molecule has 5 heteroatoms. The minimum Gasteiger partial charge on any atom is -0.480 e. The van der Waals surface area contributed by atoms with Crippen molar-refractivity contribution in [1.29, 1.82) is 0 Å². The average molecular weight is 188 g/mol. The van der Waals surface area contributed by atoms with Crippen LogP contribution in [-0.4, -0.2) is 26.7 Å². The molecular weight excluding hydrogens is 180 g/mol. The molecule has 1 atom stereocenters. The number of carboxylic acids is 1. The van der Waals surface area contributed by atoms with Gasteiger partial charge in [-0.3, -0.25) is 14.4 Å². The highest BCUT2D eigenvalue weighted by molar-refractivity contribution is 8.16. The standard InChI is InChI=1S/C7H8O4S/c1-7(6(10)11)4(8)2-3-5(9)12-7/h2-3H2,1H3,(H,10,11)/t7-/m0/s1. The van der Waals surface area contributed by atoms with E-state index in [4.69, 9.17) is 5.11 Å². The summed E-state index contributed by atoms with van der Waals surface area (Å²) >= 11 is 0.617. The molecule has 1 heterocycles. The molecule has 0 unspecified atom stereocenters. The van der Waals surface area contributed by atoms with Gasteiger partial charge in [0, 0.05) is 12.8 Å². The summed E-state index contributed by atoms with van der Waals surface area (Å²) in [7, 11) is 0. The van der Waals surface area contributed by atoms with E-state index in [0.717, 1.165) is 0 Å². The van der Waals surface area contributed by atoms with E-state index in [0.29, 0.717) is 11.8 Å². The van der Waals surface area contributed by atoms with Crippen LogP contribution in [0.1, 0.15) is 19.8 Å². The van der Waals surface area contributed by atoms with Gasteiger partial charge in [-0.05, 0) is 6.92 Å². The summed E-state index contributed by atoms with van der Waals surface area (Å²) in [4.78, 5) is 32.7. The van der Waals surface area contributed by atoms with Crippen LogP contribution < -0.4 is 0 Å². The number of ketones is 1. The van der Waals surface area contributed by atoms with E-state index < -0.39 is 10.7 Å². The second-order valence-electron chi connectivity index (χ2n) is 2.74. The van der Waals surface area contributed by atoms with Crippen LogP contribution in [0.4, 0.5) is 0 Å². The van der Waals surface area contributed by atoms with E-state index in [9.17, 15) is 14.4 Å². The molecule has 4 nitrogen and oxygen atoms in total. The fourth-order valence-corrected chi connectivity index (χ4v) is 1.92. The van der Waals surface area contributed by atoms with Crippen LogP contribution in [0.3, 0.4) is 0 Å². The highest BCUT2D eigenvalue weighted by atomic mass is 32.2. The van der Waals surface area contributed by atoms with Crippen molar-refractivity contribution in [1.82, 2.24) is 0 Å². The van der Waals surface area contributed by atoms with Crippen LogP contribution in [0.2, 0.25) is 0 Å². The highest BCUT2D eigenvalue weighted by Gasteiger charge is 2.46. The Morgan fingerprint density at radius 1 is 1.50 bits per heavy atom. The second-order valence-corrected chi connectivity index (χ2v) is 4.21. The summed E-state index contributed by atoms with van der Waals surface area (Å²) in [5.74, 6) is -1.61. The Bertz CT molecular complexity index is 260. The Morgan fingerprint density at radius 3 is 2.50 bits per heavy atom. The van der Waals surface area contributed by atoms with Crippen LogP contribution in [-0.2, 0) is 14.4 Å². The van der Waals surface area contributed by atoms with E-state index >= 15 is 0 Å². The molecule has 0 amide bonds. The molecule has 66 valence electrons. The number of Topliss-reactive ketones (excluding diaryl/α,β-unsaturated/α-hetero) is 1. The minimum atomic E-state index is -1.55. The molecule has 1 saturated heterocycles. The van der Waals surface area contributed by atoms with Gasteiger partial charge in [0.1, 0.15) is 0 Å². The Hall–Kier alpha value is -0.840. The van der Waals surface area contributed by atoms with Gasteiger partial charge in [0.05, 0.1) is 0 Å². The molecule has 0 bridgehead atoms. The van der Waals surface area contributed by atoms with Crippen LogP contribution in [0.15, 0.2) is 0 Å². The number of aliphatic carboxylic acids is 1. The summed E-state index contributed by atoms with van der Waals surface area (Å²) in [6, 6.07) is 0. The topological polar surface area (TPSA) is 71.4 Å². The molecule has 0 radical (unpaired) electrons. The highest BCUT2D eigenvalue weighted by Crippen LogP contribution is 2.34. The summed E-state index contributed by atoms with van der Waals surface area (Å²) in [6.07, 6.45) is 0.209. The number of carbonyl (C=O) groups is 3. The number of carbonyl (C=O) groups excluding carboxylic acids is 2. The van der Waals surface area contributed by atoms with E-state index in [2.05, 4.69) is 0 Å². The minimum absolute atomic E-state index is 0.0502. The van der Waals surface area contributed by atoms with Gasteiger partial charge in [-0.15, -0.1) is 0 Å². The number of thioether (sulfide) groups is 1. The monoisotopic (exact) mass is 188 g/mol. The molecule has 0 aromatic carbocycles. The van der Waals surface area contributed by atoms with Gasteiger partial charge in [0.25, 0.3) is 0 Å². The molecule has 1 rings (SSSR count). The molecule has 1 N–H and O–H groups in total. The van der Waals surface area contributed by atoms with Crippen LogP contribution in [0, 0.1) is 0 Å². The number of rotatable bonds is 1. The smallest absolute Gasteiger partial charge is 0.327 e. The van der Waals surface area contributed by atoms with Gasteiger partial charge < -0.3 is 5.11 Å². The zero-order valence-electron chi connectivity index (χ0n) is 6.49. The first-order valence-corrected chi connectivity index (χ1v) is 4.27. The van der Waals surface area contributed by atoms with Crippen molar-refractivity contribution in [3.8, 4) is 0 Å². The third-order valence-electron chi connectivity index (χ3n) is 1.81. The first kappa shape index (κ1) is 9.25. The van der Waals surface area contributed by atoms with Crippen molar-refractivity contribution in [2.24, 2.45) is 0 Å². The third-order valence-corrected chi connectivity index (χ3v) is 3.06. The zero-order valence-corrected chi connectivity index (χ0v) is 7.31. The van der Waals surface area contributed by atoms with Crippen molar-refractivity contribution < 1.29 is 19.5 Å². The fourth-order valence-electron chi connectivity index (χ4n) is 0.953. The molecule has 0 aliphatic carbocycles. The summed E-state index contributed by atoms with van der Waals surface area (Å²) in [5.41, 5.74) is 0. The molecule has 0 spiro atoms. The lowest BCUT2D eigenvalue weighted by Crippen LogP contribution is -2.44. The second kappa shape index (κ2) is 2.90. The molecule has 0 aromatic heterocycles.